The lowest BCUT2D eigenvalue weighted by atomic mass is 10.1. The van der Waals surface area contributed by atoms with Crippen molar-refractivity contribution in [3.8, 4) is 5.75 Å². The summed E-state index contributed by atoms with van der Waals surface area (Å²) in [6.45, 7) is 6.30. The van der Waals surface area contributed by atoms with Gasteiger partial charge in [0.05, 0.1) is 20.1 Å². The molecule has 0 bridgehead atoms. The Balaban J connectivity index is 2.48. The van der Waals surface area contributed by atoms with Gasteiger partial charge in [-0.15, -0.1) is 0 Å². The smallest absolute Gasteiger partial charge is 0.307 e. The molecular formula is C15H23NO3. The third kappa shape index (κ3) is 5.30. The highest BCUT2D eigenvalue weighted by Gasteiger charge is 2.13. The predicted molar refractivity (Wildman–Crippen MR) is 75.3 cm³/mol. The largest absolute Gasteiger partial charge is 0.497 e. The zero-order chi connectivity index (χ0) is 14.3. The van der Waals surface area contributed by atoms with Crippen molar-refractivity contribution in [1.82, 2.24) is 5.32 Å². The number of carbonyl (C=O) groups excluding carboxylic acids is 1. The van der Waals surface area contributed by atoms with E-state index in [9.17, 15) is 4.79 Å². The molecule has 0 aliphatic rings. The summed E-state index contributed by atoms with van der Waals surface area (Å²) in [6, 6.07) is 8.17. The van der Waals surface area contributed by atoms with E-state index in [1.807, 2.05) is 38.1 Å². The van der Waals surface area contributed by atoms with Crippen molar-refractivity contribution in [3.05, 3.63) is 29.8 Å². The Bertz CT molecular complexity index is 389. The summed E-state index contributed by atoms with van der Waals surface area (Å²) in [6.07, 6.45) is 0.383. The van der Waals surface area contributed by atoms with Crippen molar-refractivity contribution in [1.29, 1.82) is 0 Å². The topological polar surface area (TPSA) is 47.6 Å². The Morgan fingerprint density at radius 3 is 2.42 bits per heavy atom. The Hall–Kier alpha value is -1.55. The molecule has 1 unspecified atom stereocenters. The quantitative estimate of drug-likeness (QED) is 0.770. The van der Waals surface area contributed by atoms with E-state index in [0.717, 1.165) is 11.3 Å². The molecule has 0 aromatic heterocycles. The molecule has 2 atom stereocenters. The van der Waals surface area contributed by atoms with E-state index in [-0.39, 0.29) is 18.1 Å². The summed E-state index contributed by atoms with van der Waals surface area (Å²) >= 11 is 0. The Morgan fingerprint density at radius 1 is 1.26 bits per heavy atom. The molecule has 1 aromatic carbocycles. The van der Waals surface area contributed by atoms with Crippen molar-refractivity contribution < 1.29 is 14.3 Å². The van der Waals surface area contributed by atoms with E-state index in [2.05, 4.69) is 12.2 Å². The minimum Gasteiger partial charge on any atom is -0.497 e. The zero-order valence-corrected chi connectivity index (χ0v) is 12.1. The van der Waals surface area contributed by atoms with Crippen LogP contribution in [0.2, 0.25) is 0 Å². The third-order valence-electron chi connectivity index (χ3n) is 2.93. The van der Waals surface area contributed by atoms with Crippen molar-refractivity contribution in [2.75, 3.05) is 13.7 Å². The lowest BCUT2D eigenvalue weighted by molar-refractivity contribution is -0.143. The summed E-state index contributed by atoms with van der Waals surface area (Å²) in [7, 11) is 1.65. The summed E-state index contributed by atoms with van der Waals surface area (Å²) in [4.78, 5) is 11.4. The first kappa shape index (κ1) is 15.5. The monoisotopic (exact) mass is 265 g/mol. The molecule has 0 saturated heterocycles. The molecule has 19 heavy (non-hydrogen) atoms. The van der Waals surface area contributed by atoms with Gasteiger partial charge in [-0.2, -0.15) is 0 Å². The second-order valence-corrected chi connectivity index (χ2v) is 4.57. The number of carbonyl (C=O) groups is 1. The maximum Gasteiger partial charge on any atom is 0.307 e. The molecule has 106 valence electrons. The van der Waals surface area contributed by atoms with E-state index in [1.54, 1.807) is 7.11 Å². The van der Waals surface area contributed by atoms with Gasteiger partial charge < -0.3 is 14.8 Å². The molecule has 0 spiro atoms. The summed E-state index contributed by atoms with van der Waals surface area (Å²) in [5.41, 5.74) is 1.16. The van der Waals surface area contributed by atoms with Crippen molar-refractivity contribution in [2.45, 2.75) is 39.3 Å². The van der Waals surface area contributed by atoms with Crippen LogP contribution in [0.15, 0.2) is 24.3 Å². The maximum absolute atomic E-state index is 11.4. The van der Waals surface area contributed by atoms with E-state index < -0.39 is 0 Å². The van der Waals surface area contributed by atoms with Gasteiger partial charge in [-0.05, 0) is 38.5 Å². The first-order valence-electron chi connectivity index (χ1n) is 6.62. The number of hydrogen-bond donors (Lipinski definition) is 1. The minimum atomic E-state index is -0.163. The van der Waals surface area contributed by atoms with Gasteiger partial charge in [0.25, 0.3) is 0 Å². The number of esters is 1. The van der Waals surface area contributed by atoms with Gasteiger partial charge in [-0.25, -0.2) is 0 Å². The summed E-state index contributed by atoms with van der Waals surface area (Å²) < 4.78 is 10.1. The van der Waals surface area contributed by atoms with Crippen LogP contribution in [0.1, 0.15) is 38.8 Å². The van der Waals surface area contributed by atoms with Crippen LogP contribution < -0.4 is 10.1 Å². The molecule has 0 aliphatic heterocycles. The van der Waals surface area contributed by atoms with E-state index >= 15 is 0 Å². The second kappa shape index (κ2) is 7.79. The van der Waals surface area contributed by atoms with Gasteiger partial charge in [0.15, 0.2) is 0 Å². The van der Waals surface area contributed by atoms with E-state index in [0.29, 0.717) is 13.0 Å². The fraction of sp³-hybridized carbons (Fsp3) is 0.533. The maximum atomic E-state index is 11.4. The average molecular weight is 265 g/mol. The van der Waals surface area contributed by atoms with Gasteiger partial charge in [0.1, 0.15) is 5.75 Å². The number of nitrogens with one attached hydrogen (secondary N) is 1. The third-order valence-corrected chi connectivity index (χ3v) is 2.93. The standard InChI is InChI=1S/C15H23NO3/c1-5-19-15(17)10-11(2)16-12(3)13-6-8-14(18-4)9-7-13/h6-9,11-12,16H,5,10H2,1-4H3/t11?,12-/m1/s1. The Morgan fingerprint density at radius 2 is 1.89 bits per heavy atom. The van der Waals surface area contributed by atoms with Crippen LogP contribution in [0.5, 0.6) is 5.75 Å². The molecule has 0 amide bonds. The molecule has 1 N–H and O–H groups in total. The van der Waals surface area contributed by atoms with Crippen LogP contribution in [-0.2, 0) is 9.53 Å². The molecule has 0 fully saturated rings. The van der Waals surface area contributed by atoms with Crippen LogP contribution in [0.4, 0.5) is 0 Å². The fourth-order valence-corrected chi connectivity index (χ4v) is 1.94. The van der Waals surface area contributed by atoms with Crippen LogP contribution >= 0.6 is 0 Å². The highest BCUT2D eigenvalue weighted by Crippen LogP contribution is 2.18. The fourth-order valence-electron chi connectivity index (χ4n) is 1.94. The number of benzene rings is 1. The van der Waals surface area contributed by atoms with Gasteiger partial charge >= 0.3 is 5.97 Å². The number of rotatable bonds is 7. The molecule has 0 saturated carbocycles. The molecule has 0 aliphatic carbocycles. The normalized spacial score (nSPS) is 13.7. The number of methoxy groups -OCH3 is 1. The van der Waals surface area contributed by atoms with E-state index in [4.69, 9.17) is 9.47 Å². The Labute approximate surface area is 115 Å². The molecule has 1 aromatic rings. The first-order chi connectivity index (χ1) is 9.06. The molecular weight excluding hydrogens is 242 g/mol. The van der Waals surface area contributed by atoms with Gasteiger partial charge in [0, 0.05) is 12.1 Å². The van der Waals surface area contributed by atoms with Gasteiger partial charge in [-0.1, -0.05) is 12.1 Å². The van der Waals surface area contributed by atoms with Gasteiger partial charge in [-0.3, -0.25) is 4.79 Å². The molecule has 0 heterocycles. The molecule has 4 nitrogen and oxygen atoms in total. The number of hydrogen-bond acceptors (Lipinski definition) is 4. The van der Waals surface area contributed by atoms with Crippen molar-refractivity contribution >= 4 is 5.97 Å². The first-order valence-corrected chi connectivity index (χ1v) is 6.62. The zero-order valence-electron chi connectivity index (χ0n) is 12.1. The van der Waals surface area contributed by atoms with Crippen LogP contribution in [-0.4, -0.2) is 25.7 Å². The minimum absolute atomic E-state index is 0.0798. The van der Waals surface area contributed by atoms with Gasteiger partial charge in [0.2, 0.25) is 0 Å². The second-order valence-electron chi connectivity index (χ2n) is 4.57. The average Bonchev–Trinajstić information content (AvgIpc) is 2.38. The molecule has 4 heteroatoms. The van der Waals surface area contributed by atoms with E-state index in [1.165, 1.54) is 0 Å². The lowest BCUT2D eigenvalue weighted by Crippen LogP contribution is -2.31. The van der Waals surface area contributed by atoms with Crippen LogP contribution in [0, 0.1) is 0 Å². The highest BCUT2D eigenvalue weighted by atomic mass is 16.5. The molecule has 1 rings (SSSR count). The SMILES string of the molecule is CCOC(=O)CC(C)N[C@H](C)c1ccc(OC)cc1. The van der Waals surface area contributed by atoms with Crippen molar-refractivity contribution in [3.63, 3.8) is 0 Å². The summed E-state index contributed by atoms with van der Waals surface area (Å²) in [5.74, 6) is 0.681. The van der Waals surface area contributed by atoms with Crippen molar-refractivity contribution in [2.24, 2.45) is 0 Å². The summed E-state index contributed by atoms with van der Waals surface area (Å²) in [5, 5.41) is 3.38. The molecule has 0 radical (unpaired) electrons. The lowest BCUT2D eigenvalue weighted by Gasteiger charge is -2.20. The van der Waals surface area contributed by atoms with Crippen LogP contribution in [0.25, 0.3) is 0 Å². The van der Waals surface area contributed by atoms with Crippen LogP contribution in [0.3, 0.4) is 0 Å². The number of ether oxygens (including phenoxy) is 2. The highest BCUT2D eigenvalue weighted by molar-refractivity contribution is 5.70. The Kier molecular flexibility index (Phi) is 6.36. The predicted octanol–water partition coefficient (Wildman–Crippen LogP) is 2.69.